The lowest BCUT2D eigenvalue weighted by Crippen LogP contribution is -2.39. The van der Waals surface area contributed by atoms with E-state index in [-0.39, 0.29) is 31.3 Å². The van der Waals surface area contributed by atoms with Crippen LogP contribution in [0, 0.1) is 5.82 Å². The minimum absolute atomic E-state index is 0.0703. The van der Waals surface area contributed by atoms with Gasteiger partial charge in [0.15, 0.2) is 0 Å². The number of carbonyl (C=O) groups excluding carboxylic acids is 1. The van der Waals surface area contributed by atoms with Crippen molar-refractivity contribution in [2.45, 2.75) is 12.6 Å². The normalized spacial score (nSPS) is 11.1. The van der Waals surface area contributed by atoms with Gasteiger partial charge in [0.05, 0.1) is 5.56 Å². The van der Waals surface area contributed by atoms with Gasteiger partial charge in [-0.3, -0.25) is 0 Å². The lowest BCUT2D eigenvalue weighted by atomic mass is 10.1. The van der Waals surface area contributed by atoms with Gasteiger partial charge >= 0.3 is 12.2 Å². The summed E-state index contributed by atoms with van der Waals surface area (Å²) >= 11 is 0. The third kappa shape index (κ3) is 5.91. The predicted octanol–water partition coefficient (Wildman–Crippen LogP) is 3.19. The summed E-state index contributed by atoms with van der Waals surface area (Å²) < 4.78 is 51.8. The van der Waals surface area contributed by atoms with Crippen molar-refractivity contribution in [3.8, 4) is 0 Å². The highest BCUT2D eigenvalue weighted by Gasteiger charge is 2.33. The number of alkyl halides is 3. The van der Waals surface area contributed by atoms with Gasteiger partial charge in [0.2, 0.25) is 0 Å². The van der Waals surface area contributed by atoms with E-state index in [0.717, 1.165) is 6.07 Å². The molecule has 26 heavy (non-hydrogen) atoms. The van der Waals surface area contributed by atoms with Crippen LogP contribution in [0.15, 0.2) is 42.6 Å². The lowest BCUT2D eigenvalue weighted by Gasteiger charge is -2.13. The van der Waals surface area contributed by atoms with Crippen LogP contribution in [0.3, 0.4) is 0 Å². The molecule has 0 fully saturated rings. The number of benzene rings is 1. The fourth-order valence-electron chi connectivity index (χ4n) is 2.21. The first-order valence-corrected chi connectivity index (χ1v) is 7.89. The van der Waals surface area contributed by atoms with Crippen molar-refractivity contribution in [3.05, 3.63) is 59.5 Å². The quantitative estimate of drug-likeness (QED) is 0.518. The maximum atomic E-state index is 13.4. The zero-order valence-electron chi connectivity index (χ0n) is 13.7. The second kappa shape index (κ2) is 9.02. The molecule has 1 aromatic carbocycles. The molecule has 0 aliphatic heterocycles. The third-order valence-corrected chi connectivity index (χ3v) is 3.45. The summed E-state index contributed by atoms with van der Waals surface area (Å²) in [5.41, 5.74) is -0.376. The summed E-state index contributed by atoms with van der Waals surface area (Å²) in [6.45, 7) is 0.402. The Morgan fingerprint density at radius 2 is 1.73 bits per heavy atom. The molecule has 0 saturated heterocycles. The largest absolute Gasteiger partial charge is 0.419 e. The smallest absolute Gasteiger partial charge is 0.368 e. The number of amides is 2. The summed E-state index contributed by atoms with van der Waals surface area (Å²) in [7, 11) is 0. The van der Waals surface area contributed by atoms with Crippen LogP contribution in [0.2, 0.25) is 0 Å². The first-order valence-electron chi connectivity index (χ1n) is 7.89. The molecule has 2 amide bonds. The standard InChI is InChI=1S/C17H18F4N4O/c18-14-6-2-1-4-12(14)7-9-24-16(26)25-11-10-23-15-13(17(19,20)21)5-3-8-22-15/h1-6,8H,7,9-11H2,(H,22,23)(H2,24,25,26). The Kier molecular flexibility index (Phi) is 6.76. The van der Waals surface area contributed by atoms with Crippen LogP contribution in [-0.4, -0.2) is 30.6 Å². The highest BCUT2D eigenvalue weighted by molar-refractivity contribution is 5.73. The number of pyridine rings is 1. The molecular weight excluding hydrogens is 352 g/mol. The Hall–Kier alpha value is -2.84. The molecule has 9 heteroatoms. The van der Waals surface area contributed by atoms with Gasteiger partial charge in [-0.25, -0.2) is 14.2 Å². The lowest BCUT2D eigenvalue weighted by molar-refractivity contribution is -0.137. The van der Waals surface area contributed by atoms with Gasteiger partial charge in [-0.05, 0) is 30.2 Å². The van der Waals surface area contributed by atoms with E-state index in [0.29, 0.717) is 12.0 Å². The Morgan fingerprint density at radius 1 is 1.00 bits per heavy atom. The SMILES string of the molecule is O=C(NCCNc1ncccc1C(F)(F)F)NCCc1ccccc1F. The van der Waals surface area contributed by atoms with Crippen molar-refractivity contribution in [1.29, 1.82) is 0 Å². The summed E-state index contributed by atoms with van der Waals surface area (Å²) in [5.74, 6) is -0.628. The average molecular weight is 370 g/mol. The monoisotopic (exact) mass is 370 g/mol. The third-order valence-electron chi connectivity index (χ3n) is 3.45. The van der Waals surface area contributed by atoms with Crippen molar-refractivity contribution in [3.63, 3.8) is 0 Å². The van der Waals surface area contributed by atoms with Gasteiger partial charge in [0.1, 0.15) is 11.6 Å². The van der Waals surface area contributed by atoms with Crippen LogP contribution >= 0.6 is 0 Å². The van der Waals surface area contributed by atoms with Crippen LogP contribution in [-0.2, 0) is 12.6 Å². The first-order chi connectivity index (χ1) is 12.4. The molecule has 0 aliphatic carbocycles. The first kappa shape index (κ1) is 19.5. The van der Waals surface area contributed by atoms with Crippen molar-refractivity contribution >= 4 is 11.8 Å². The molecular formula is C17H18F4N4O. The number of nitrogens with one attached hydrogen (secondary N) is 3. The molecule has 0 unspecified atom stereocenters. The van der Waals surface area contributed by atoms with Gasteiger partial charge in [-0.15, -0.1) is 0 Å². The molecule has 2 rings (SSSR count). The van der Waals surface area contributed by atoms with Crippen molar-refractivity contribution in [2.24, 2.45) is 0 Å². The number of hydrogen-bond donors (Lipinski definition) is 3. The predicted molar refractivity (Wildman–Crippen MR) is 89.2 cm³/mol. The minimum Gasteiger partial charge on any atom is -0.368 e. The maximum Gasteiger partial charge on any atom is 0.419 e. The molecule has 0 atom stereocenters. The van der Waals surface area contributed by atoms with E-state index >= 15 is 0 Å². The molecule has 1 heterocycles. The number of rotatable bonds is 7. The Labute approximate surface area is 147 Å². The molecule has 3 N–H and O–H groups in total. The Morgan fingerprint density at radius 3 is 2.46 bits per heavy atom. The summed E-state index contributed by atoms with van der Waals surface area (Å²) in [5, 5.41) is 7.59. The van der Waals surface area contributed by atoms with E-state index in [2.05, 4.69) is 20.9 Å². The number of hydrogen-bond acceptors (Lipinski definition) is 3. The van der Waals surface area contributed by atoms with Crippen molar-refractivity contribution < 1.29 is 22.4 Å². The van der Waals surface area contributed by atoms with E-state index in [1.807, 2.05) is 0 Å². The average Bonchev–Trinajstić information content (AvgIpc) is 2.60. The number of urea groups is 1. The molecule has 0 spiro atoms. The van der Waals surface area contributed by atoms with E-state index < -0.39 is 17.8 Å². The number of carbonyl (C=O) groups is 1. The van der Waals surface area contributed by atoms with Crippen LogP contribution in [0.4, 0.5) is 28.2 Å². The number of anilines is 1. The van der Waals surface area contributed by atoms with Crippen LogP contribution in [0.25, 0.3) is 0 Å². The molecule has 0 radical (unpaired) electrons. The van der Waals surface area contributed by atoms with Gasteiger partial charge < -0.3 is 16.0 Å². The van der Waals surface area contributed by atoms with Gasteiger partial charge in [0.25, 0.3) is 0 Å². The molecule has 0 aliphatic rings. The van der Waals surface area contributed by atoms with Gasteiger partial charge in [-0.1, -0.05) is 18.2 Å². The maximum absolute atomic E-state index is 13.4. The van der Waals surface area contributed by atoms with E-state index in [9.17, 15) is 22.4 Å². The number of aromatic nitrogens is 1. The summed E-state index contributed by atoms with van der Waals surface area (Å²) in [6.07, 6.45) is -2.92. The zero-order chi connectivity index (χ0) is 19.0. The Bertz CT molecular complexity index is 737. The second-order valence-corrected chi connectivity index (χ2v) is 5.35. The summed E-state index contributed by atoms with van der Waals surface area (Å²) in [4.78, 5) is 15.3. The number of halogens is 4. The van der Waals surface area contributed by atoms with Crippen LogP contribution in [0.5, 0.6) is 0 Å². The number of nitrogens with zero attached hydrogens (tertiary/aromatic N) is 1. The zero-order valence-corrected chi connectivity index (χ0v) is 13.7. The topological polar surface area (TPSA) is 66.0 Å². The van der Waals surface area contributed by atoms with E-state index in [1.165, 1.54) is 18.3 Å². The Balaban J connectivity index is 1.69. The van der Waals surface area contributed by atoms with E-state index in [4.69, 9.17) is 0 Å². The van der Waals surface area contributed by atoms with Gasteiger partial charge in [0, 0.05) is 25.8 Å². The molecule has 140 valence electrons. The van der Waals surface area contributed by atoms with Crippen molar-refractivity contribution in [1.82, 2.24) is 15.6 Å². The van der Waals surface area contributed by atoms with Crippen LogP contribution in [0.1, 0.15) is 11.1 Å². The molecule has 0 saturated carbocycles. The molecule has 2 aromatic rings. The highest BCUT2D eigenvalue weighted by Crippen LogP contribution is 2.33. The molecule has 5 nitrogen and oxygen atoms in total. The summed E-state index contributed by atoms with van der Waals surface area (Å²) in [6, 6.07) is 7.90. The van der Waals surface area contributed by atoms with Crippen molar-refractivity contribution in [2.75, 3.05) is 25.0 Å². The van der Waals surface area contributed by atoms with Gasteiger partial charge in [-0.2, -0.15) is 13.2 Å². The minimum atomic E-state index is -4.51. The van der Waals surface area contributed by atoms with E-state index in [1.54, 1.807) is 18.2 Å². The fraction of sp³-hybridized carbons (Fsp3) is 0.294. The highest BCUT2D eigenvalue weighted by atomic mass is 19.4. The molecule has 1 aromatic heterocycles. The second-order valence-electron chi connectivity index (χ2n) is 5.35. The fourth-order valence-corrected chi connectivity index (χ4v) is 2.21. The molecule has 0 bridgehead atoms. The van der Waals surface area contributed by atoms with Crippen LogP contribution < -0.4 is 16.0 Å².